The monoisotopic (exact) mass is 348 g/mol. The molecule has 1 amide bonds. The molecular formula is C16H13ClN2OS2. The number of aromatic nitrogens is 1. The van der Waals surface area contributed by atoms with Crippen molar-refractivity contribution < 1.29 is 4.79 Å². The molecular weight excluding hydrogens is 336 g/mol. The average Bonchev–Trinajstić information content (AvgIpc) is 3.10. The third-order valence-electron chi connectivity index (χ3n) is 3.02. The van der Waals surface area contributed by atoms with E-state index in [0.29, 0.717) is 0 Å². The number of thiophene rings is 1. The maximum Gasteiger partial charge on any atom is 0.231 e. The standard InChI is InChI=1S/C16H13ClN2OS2/c1-10-2-4-11(5-3-10)18-15(20)8-16-19-12(9-21-16)13-6-7-14(17)22-13/h2-7,9H,8H2,1H3,(H,18,20). The normalized spacial score (nSPS) is 10.6. The summed E-state index contributed by atoms with van der Waals surface area (Å²) >= 11 is 8.91. The quantitative estimate of drug-likeness (QED) is 0.719. The van der Waals surface area contributed by atoms with Gasteiger partial charge in [0.15, 0.2) is 0 Å². The summed E-state index contributed by atoms with van der Waals surface area (Å²) in [6.45, 7) is 2.01. The Hall–Kier alpha value is -1.69. The van der Waals surface area contributed by atoms with Gasteiger partial charge in [0.1, 0.15) is 5.01 Å². The van der Waals surface area contributed by atoms with Crippen molar-refractivity contribution in [2.75, 3.05) is 5.32 Å². The molecule has 0 radical (unpaired) electrons. The Morgan fingerprint density at radius 3 is 2.68 bits per heavy atom. The number of anilines is 1. The van der Waals surface area contributed by atoms with E-state index >= 15 is 0 Å². The molecule has 0 unspecified atom stereocenters. The number of carbonyl (C=O) groups excluding carboxylic acids is 1. The van der Waals surface area contributed by atoms with Crippen molar-refractivity contribution in [3.63, 3.8) is 0 Å². The zero-order valence-corrected chi connectivity index (χ0v) is 14.2. The van der Waals surface area contributed by atoms with Crippen LogP contribution in [0.15, 0.2) is 41.8 Å². The van der Waals surface area contributed by atoms with Gasteiger partial charge in [-0.2, -0.15) is 0 Å². The fourth-order valence-electron chi connectivity index (χ4n) is 1.94. The summed E-state index contributed by atoms with van der Waals surface area (Å²) in [5.74, 6) is -0.0611. The summed E-state index contributed by atoms with van der Waals surface area (Å²) in [6, 6.07) is 11.5. The molecule has 2 aromatic heterocycles. The van der Waals surface area contributed by atoms with Gasteiger partial charge in [-0.25, -0.2) is 4.98 Å². The first-order chi connectivity index (χ1) is 10.6. The predicted octanol–water partition coefficient (Wildman–Crippen LogP) is 5.01. The maximum absolute atomic E-state index is 12.1. The van der Waals surface area contributed by atoms with Gasteiger partial charge in [0.05, 0.1) is 21.3 Å². The summed E-state index contributed by atoms with van der Waals surface area (Å²) in [5, 5.41) is 5.63. The summed E-state index contributed by atoms with van der Waals surface area (Å²) < 4.78 is 0.738. The molecule has 0 atom stereocenters. The maximum atomic E-state index is 12.1. The van der Waals surface area contributed by atoms with Gasteiger partial charge in [-0.3, -0.25) is 4.79 Å². The number of halogens is 1. The molecule has 1 aromatic carbocycles. The number of amides is 1. The highest BCUT2D eigenvalue weighted by Gasteiger charge is 2.10. The predicted molar refractivity (Wildman–Crippen MR) is 93.9 cm³/mol. The van der Waals surface area contributed by atoms with Gasteiger partial charge in [0.25, 0.3) is 0 Å². The van der Waals surface area contributed by atoms with E-state index in [1.165, 1.54) is 22.7 Å². The molecule has 3 rings (SSSR count). The van der Waals surface area contributed by atoms with Gasteiger partial charge in [0, 0.05) is 11.1 Å². The Morgan fingerprint density at radius 1 is 1.23 bits per heavy atom. The first-order valence-electron chi connectivity index (χ1n) is 6.67. The van der Waals surface area contributed by atoms with Crippen molar-refractivity contribution in [1.82, 2.24) is 4.98 Å². The second kappa shape index (κ2) is 6.60. The van der Waals surface area contributed by atoms with Crippen molar-refractivity contribution >= 4 is 45.9 Å². The Labute approximate surface area is 141 Å². The molecule has 3 nitrogen and oxygen atoms in total. The van der Waals surface area contributed by atoms with Gasteiger partial charge in [-0.1, -0.05) is 29.3 Å². The number of nitrogens with one attached hydrogen (secondary N) is 1. The summed E-state index contributed by atoms with van der Waals surface area (Å²) in [6.07, 6.45) is 0.275. The van der Waals surface area contributed by atoms with Gasteiger partial charge in [-0.15, -0.1) is 22.7 Å². The largest absolute Gasteiger partial charge is 0.326 e. The molecule has 112 valence electrons. The van der Waals surface area contributed by atoms with Crippen LogP contribution in [0.25, 0.3) is 10.6 Å². The first kappa shape index (κ1) is 15.2. The van der Waals surface area contributed by atoms with E-state index in [0.717, 1.165) is 31.2 Å². The van der Waals surface area contributed by atoms with E-state index in [9.17, 15) is 4.79 Å². The van der Waals surface area contributed by atoms with Crippen LogP contribution in [0.2, 0.25) is 4.34 Å². The summed E-state index contributed by atoms with van der Waals surface area (Å²) in [4.78, 5) is 17.6. The molecule has 6 heteroatoms. The van der Waals surface area contributed by atoms with Crippen molar-refractivity contribution in [1.29, 1.82) is 0 Å². The van der Waals surface area contributed by atoms with Gasteiger partial charge in [0.2, 0.25) is 5.91 Å². The van der Waals surface area contributed by atoms with Gasteiger partial charge < -0.3 is 5.32 Å². The number of nitrogens with zero attached hydrogens (tertiary/aromatic N) is 1. The van der Waals surface area contributed by atoms with Crippen LogP contribution in [-0.2, 0) is 11.2 Å². The number of hydrogen-bond donors (Lipinski definition) is 1. The lowest BCUT2D eigenvalue weighted by Gasteiger charge is -2.04. The molecule has 22 heavy (non-hydrogen) atoms. The Morgan fingerprint density at radius 2 is 2.00 bits per heavy atom. The number of hydrogen-bond acceptors (Lipinski definition) is 4. The van der Waals surface area contributed by atoms with Crippen LogP contribution in [0, 0.1) is 6.92 Å². The Balaban J connectivity index is 1.64. The van der Waals surface area contributed by atoms with Crippen LogP contribution in [0.5, 0.6) is 0 Å². The van der Waals surface area contributed by atoms with E-state index in [-0.39, 0.29) is 12.3 Å². The van der Waals surface area contributed by atoms with Crippen molar-refractivity contribution in [3.05, 3.63) is 56.7 Å². The lowest BCUT2D eigenvalue weighted by atomic mass is 10.2. The number of benzene rings is 1. The zero-order chi connectivity index (χ0) is 15.5. The van der Waals surface area contributed by atoms with Crippen molar-refractivity contribution in [2.24, 2.45) is 0 Å². The molecule has 0 aliphatic carbocycles. The van der Waals surface area contributed by atoms with Crippen molar-refractivity contribution in [2.45, 2.75) is 13.3 Å². The Kier molecular flexibility index (Phi) is 4.57. The fourth-order valence-corrected chi connectivity index (χ4v) is 3.81. The highest BCUT2D eigenvalue weighted by molar-refractivity contribution is 7.19. The van der Waals surface area contributed by atoms with Crippen LogP contribution >= 0.6 is 34.3 Å². The molecule has 0 saturated carbocycles. The number of carbonyl (C=O) groups is 1. The van der Waals surface area contributed by atoms with E-state index in [4.69, 9.17) is 11.6 Å². The number of rotatable bonds is 4. The van der Waals surface area contributed by atoms with Gasteiger partial charge >= 0.3 is 0 Å². The van der Waals surface area contributed by atoms with Crippen LogP contribution in [-0.4, -0.2) is 10.9 Å². The van der Waals surface area contributed by atoms with Crippen LogP contribution in [0.1, 0.15) is 10.6 Å². The van der Waals surface area contributed by atoms with Crippen molar-refractivity contribution in [3.8, 4) is 10.6 Å². The van der Waals surface area contributed by atoms with Crippen LogP contribution in [0.3, 0.4) is 0 Å². The van der Waals surface area contributed by atoms with E-state index in [1.54, 1.807) is 0 Å². The summed E-state index contributed by atoms with van der Waals surface area (Å²) in [5.41, 5.74) is 2.84. The second-order valence-corrected chi connectivity index (χ2v) is 7.48. The molecule has 3 aromatic rings. The minimum Gasteiger partial charge on any atom is -0.326 e. The Bertz CT molecular complexity index is 793. The number of thiazole rings is 1. The lowest BCUT2D eigenvalue weighted by Crippen LogP contribution is -2.14. The van der Waals surface area contributed by atoms with E-state index in [1.807, 2.05) is 48.7 Å². The van der Waals surface area contributed by atoms with Crippen LogP contribution in [0.4, 0.5) is 5.69 Å². The molecule has 0 fully saturated rings. The SMILES string of the molecule is Cc1ccc(NC(=O)Cc2nc(-c3ccc(Cl)s3)cs2)cc1. The zero-order valence-electron chi connectivity index (χ0n) is 11.8. The van der Waals surface area contributed by atoms with Gasteiger partial charge in [-0.05, 0) is 31.2 Å². The second-order valence-electron chi connectivity index (χ2n) is 4.82. The topological polar surface area (TPSA) is 42.0 Å². The first-order valence-corrected chi connectivity index (χ1v) is 8.74. The molecule has 0 saturated heterocycles. The smallest absolute Gasteiger partial charge is 0.231 e. The van der Waals surface area contributed by atoms with E-state index in [2.05, 4.69) is 10.3 Å². The molecule has 0 aliphatic heterocycles. The molecule has 1 N–H and O–H groups in total. The van der Waals surface area contributed by atoms with E-state index < -0.39 is 0 Å². The number of aryl methyl sites for hydroxylation is 1. The summed E-state index contributed by atoms with van der Waals surface area (Å²) in [7, 11) is 0. The lowest BCUT2D eigenvalue weighted by molar-refractivity contribution is -0.115. The highest BCUT2D eigenvalue weighted by atomic mass is 35.5. The molecule has 0 spiro atoms. The van der Waals surface area contributed by atoms with Crippen LogP contribution < -0.4 is 5.32 Å². The minimum absolute atomic E-state index is 0.0611. The third kappa shape index (κ3) is 3.74. The molecule has 2 heterocycles. The fraction of sp³-hybridized carbons (Fsp3) is 0.125. The third-order valence-corrected chi connectivity index (χ3v) is 5.13. The highest BCUT2D eigenvalue weighted by Crippen LogP contribution is 2.31. The molecule has 0 aliphatic rings. The minimum atomic E-state index is -0.0611. The molecule has 0 bridgehead atoms. The average molecular weight is 349 g/mol.